The monoisotopic (exact) mass is 340 g/mol. The largest absolute Gasteiger partial charge is 0.508 e. The predicted octanol–water partition coefficient (Wildman–Crippen LogP) is 6.69. The Balaban J connectivity index is 0.000000405. The van der Waals surface area contributed by atoms with Crippen molar-refractivity contribution in [3.05, 3.63) is 64.7 Å². The first-order valence-electron chi connectivity index (χ1n) is 8.17. The molecule has 0 bridgehead atoms. The molecule has 0 aliphatic carbocycles. The van der Waals surface area contributed by atoms with Crippen LogP contribution in [0.5, 0.6) is 5.75 Å². The highest BCUT2D eigenvalue weighted by molar-refractivity contribution is 5.34. The van der Waals surface area contributed by atoms with Gasteiger partial charge in [0.1, 0.15) is 5.75 Å². The molecule has 0 amide bonds. The fourth-order valence-electron chi connectivity index (χ4n) is 2.01. The molecule has 0 saturated heterocycles. The Kier molecular flexibility index (Phi) is 9.86. The van der Waals surface area contributed by atoms with Crippen LogP contribution in [0.4, 0.5) is 13.2 Å². The maximum absolute atomic E-state index is 12.2. The second kappa shape index (κ2) is 10.7. The molecule has 1 N–H and O–H groups in total. The molecule has 0 fully saturated rings. The van der Waals surface area contributed by atoms with Gasteiger partial charge in [0.15, 0.2) is 0 Å². The molecule has 2 rings (SSSR count). The van der Waals surface area contributed by atoms with Crippen molar-refractivity contribution in [2.45, 2.75) is 53.6 Å². The van der Waals surface area contributed by atoms with E-state index in [1.54, 1.807) is 25.1 Å². The second-order valence-corrected chi connectivity index (χ2v) is 5.16. The summed E-state index contributed by atoms with van der Waals surface area (Å²) in [6.45, 7) is 9.30. The summed E-state index contributed by atoms with van der Waals surface area (Å²) in [5.41, 5.74) is 1.73. The van der Waals surface area contributed by atoms with Crippen LogP contribution in [0.2, 0.25) is 0 Å². The predicted molar refractivity (Wildman–Crippen MR) is 94.4 cm³/mol. The maximum Gasteiger partial charge on any atom is 0.416 e. The van der Waals surface area contributed by atoms with E-state index in [0.29, 0.717) is 16.9 Å². The van der Waals surface area contributed by atoms with Crippen molar-refractivity contribution < 1.29 is 18.3 Å². The van der Waals surface area contributed by atoms with Crippen LogP contribution in [0.3, 0.4) is 0 Å². The molecule has 0 unspecified atom stereocenters. The van der Waals surface area contributed by atoms with Gasteiger partial charge in [0.05, 0.1) is 5.56 Å². The molecule has 0 aromatic heterocycles. The fourth-order valence-corrected chi connectivity index (χ4v) is 2.01. The van der Waals surface area contributed by atoms with Crippen molar-refractivity contribution in [2.24, 2.45) is 0 Å². The van der Waals surface area contributed by atoms with E-state index in [1.165, 1.54) is 18.6 Å². The molecule has 1 nitrogen and oxygen atoms in total. The van der Waals surface area contributed by atoms with Gasteiger partial charge in [0.2, 0.25) is 0 Å². The van der Waals surface area contributed by atoms with Gasteiger partial charge in [0.25, 0.3) is 0 Å². The molecule has 4 heteroatoms. The standard InChI is InChI=1S/C9H9F3.C9H12O.C2H6/c1-6-4-3-5-8(7(6)2)9(10,11)12;1-2-3-8-4-6-9(10)7-5-8;1-2/h3-5H,1-2H3;4-7,10H,2-3H2,1H3;1-2H3. The molecule has 0 heterocycles. The van der Waals surface area contributed by atoms with E-state index in [0.717, 1.165) is 18.9 Å². The smallest absolute Gasteiger partial charge is 0.416 e. The van der Waals surface area contributed by atoms with Crippen LogP contribution in [0.25, 0.3) is 0 Å². The highest BCUT2D eigenvalue weighted by Gasteiger charge is 2.32. The lowest BCUT2D eigenvalue weighted by Crippen LogP contribution is -2.07. The zero-order valence-electron chi connectivity index (χ0n) is 15.0. The third kappa shape index (κ3) is 7.53. The number of rotatable bonds is 2. The number of phenolic OH excluding ortho intramolecular Hbond substituents is 1. The summed E-state index contributed by atoms with van der Waals surface area (Å²) < 4.78 is 36.7. The molecular weight excluding hydrogens is 313 g/mol. The van der Waals surface area contributed by atoms with Crippen LogP contribution in [-0.4, -0.2) is 5.11 Å². The summed E-state index contributed by atoms with van der Waals surface area (Å²) >= 11 is 0. The summed E-state index contributed by atoms with van der Waals surface area (Å²) in [6, 6.07) is 11.6. The van der Waals surface area contributed by atoms with E-state index in [4.69, 9.17) is 5.11 Å². The number of phenols is 1. The normalized spacial score (nSPS) is 10.2. The fraction of sp³-hybridized carbons (Fsp3) is 0.400. The molecule has 0 saturated carbocycles. The Labute approximate surface area is 143 Å². The molecule has 0 aliphatic rings. The van der Waals surface area contributed by atoms with Crippen LogP contribution in [-0.2, 0) is 12.6 Å². The van der Waals surface area contributed by atoms with Gasteiger partial charge in [-0.2, -0.15) is 13.2 Å². The minimum Gasteiger partial charge on any atom is -0.508 e. The quantitative estimate of drug-likeness (QED) is 0.645. The van der Waals surface area contributed by atoms with E-state index >= 15 is 0 Å². The van der Waals surface area contributed by atoms with E-state index in [-0.39, 0.29) is 0 Å². The molecule has 0 spiro atoms. The van der Waals surface area contributed by atoms with Gasteiger partial charge in [0, 0.05) is 0 Å². The van der Waals surface area contributed by atoms with E-state index in [9.17, 15) is 13.2 Å². The number of hydrogen-bond acceptors (Lipinski definition) is 1. The Morgan fingerprint density at radius 3 is 1.88 bits per heavy atom. The molecular formula is C20H27F3O. The number of aromatic hydroxyl groups is 1. The van der Waals surface area contributed by atoms with Crippen molar-refractivity contribution >= 4 is 0 Å². The van der Waals surface area contributed by atoms with Gasteiger partial charge < -0.3 is 5.11 Å². The zero-order valence-corrected chi connectivity index (χ0v) is 15.0. The molecule has 0 atom stereocenters. The van der Waals surface area contributed by atoms with Crippen LogP contribution in [0.1, 0.15) is 49.4 Å². The second-order valence-electron chi connectivity index (χ2n) is 5.16. The molecule has 2 aromatic carbocycles. The number of benzene rings is 2. The van der Waals surface area contributed by atoms with Gasteiger partial charge in [-0.15, -0.1) is 0 Å². The van der Waals surface area contributed by atoms with Crippen LogP contribution in [0, 0.1) is 13.8 Å². The minimum absolute atomic E-state index is 0.310. The lowest BCUT2D eigenvalue weighted by molar-refractivity contribution is -0.138. The van der Waals surface area contributed by atoms with Gasteiger partial charge in [-0.3, -0.25) is 0 Å². The van der Waals surface area contributed by atoms with E-state index in [1.807, 2.05) is 26.0 Å². The third-order valence-electron chi connectivity index (χ3n) is 3.39. The van der Waals surface area contributed by atoms with Crippen LogP contribution in [0.15, 0.2) is 42.5 Å². The SMILES string of the molecule is CC.CCCc1ccc(O)cc1.Cc1cccc(C(F)(F)F)c1C. The maximum atomic E-state index is 12.2. The van der Waals surface area contributed by atoms with Crippen molar-refractivity contribution in [3.63, 3.8) is 0 Å². The molecule has 0 radical (unpaired) electrons. The Morgan fingerprint density at radius 1 is 0.917 bits per heavy atom. The lowest BCUT2D eigenvalue weighted by Gasteiger charge is -2.11. The minimum atomic E-state index is -4.23. The molecule has 24 heavy (non-hydrogen) atoms. The van der Waals surface area contributed by atoms with Crippen molar-refractivity contribution in [1.82, 2.24) is 0 Å². The lowest BCUT2D eigenvalue weighted by atomic mass is 10.0. The number of hydrogen-bond donors (Lipinski definition) is 1. The molecule has 134 valence electrons. The average molecular weight is 340 g/mol. The first-order chi connectivity index (χ1) is 11.3. The van der Waals surface area contributed by atoms with Gasteiger partial charge in [-0.1, -0.05) is 51.5 Å². The van der Waals surface area contributed by atoms with Crippen molar-refractivity contribution in [2.75, 3.05) is 0 Å². The van der Waals surface area contributed by atoms with Gasteiger partial charge >= 0.3 is 6.18 Å². The number of aryl methyl sites for hydroxylation is 2. The number of halogens is 3. The first-order valence-corrected chi connectivity index (χ1v) is 8.17. The van der Waals surface area contributed by atoms with Gasteiger partial charge in [-0.05, 0) is 55.2 Å². The topological polar surface area (TPSA) is 20.2 Å². The van der Waals surface area contributed by atoms with E-state index < -0.39 is 11.7 Å². The summed E-state index contributed by atoms with van der Waals surface area (Å²) in [4.78, 5) is 0. The highest BCUT2D eigenvalue weighted by atomic mass is 19.4. The molecule has 2 aromatic rings. The zero-order chi connectivity index (χ0) is 18.8. The van der Waals surface area contributed by atoms with Gasteiger partial charge in [-0.25, -0.2) is 0 Å². The summed E-state index contributed by atoms with van der Waals surface area (Å²) in [6.07, 6.45) is -1.97. The summed E-state index contributed by atoms with van der Waals surface area (Å²) in [5, 5.41) is 8.92. The third-order valence-corrected chi connectivity index (χ3v) is 3.39. The Hall–Kier alpha value is -1.97. The Morgan fingerprint density at radius 2 is 1.46 bits per heavy atom. The first kappa shape index (κ1) is 22.0. The van der Waals surface area contributed by atoms with E-state index in [2.05, 4.69) is 6.92 Å². The van der Waals surface area contributed by atoms with Crippen LogP contribution >= 0.6 is 0 Å². The average Bonchev–Trinajstić information content (AvgIpc) is 2.54. The Bertz CT molecular complexity index is 587. The number of alkyl halides is 3. The summed E-state index contributed by atoms with van der Waals surface area (Å²) in [5.74, 6) is 0.347. The molecule has 0 aliphatic heterocycles. The van der Waals surface area contributed by atoms with Crippen molar-refractivity contribution in [1.29, 1.82) is 0 Å². The van der Waals surface area contributed by atoms with Crippen molar-refractivity contribution in [3.8, 4) is 5.75 Å². The highest BCUT2D eigenvalue weighted by Crippen LogP contribution is 2.32. The summed E-state index contributed by atoms with van der Waals surface area (Å²) in [7, 11) is 0. The van der Waals surface area contributed by atoms with Crippen LogP contribution < -0.4 is 0 Å².